The van der Waals surface area contributed by atoms with Gasteiger partial charge in [-0.05, 0) is 24.6 Å². The molecule has 116 valence electrons. The topological polar surface area (TPSA) is 125 Å². The molecule has 0 radical (unpaired) electrons. The van der Waals surface area contributed by atoms with Crippen LogP contribution in [-0.4, -0.2) is 33.6 Å². The Balaban J connectivity index is 1.99. The molecule has 1 saturated heterocycles. The van der Waals surface area contributed by atoms with Crippen molar-refractivity contribution >= 4 is 15.9 Å². The molecule has 1 amide bonds. The molecule has 2 atom stereocenters. The zero-order chi connectivity index (χ0) is 15.7. The van der Waals surface area contributed by atoms with Gasteiger partial charge in [0.2, 0.25) is 15.9 Å². The van der Waals surface area contributed by atoms with Crippen molar-refractivity contribution in [3.05, 3.63) is 29.8 Å². The Hall–Kier alpha value is -1.48. The lowest BCUT2D eigenvalue weighted by atomic mass is 9.85. The van der Waals surface area contributed by atoms with Gasteiger partial charge in [0, 0.05) is 12.6 Å². The third kappa shape index (κ3) is 3.41. The van der Waals surface area contributed by atoms with Crippen LogP contribution >= 0.6 is 0 Å². The Morgan fingerprint density at radius 2 is 2.05 bits per heavy atom. The van der Waals surface area contributed by atoms with Crippen LogP contribution in [-0.2, 0) is 26.1 Å². The Kier molecular flexibility index (Phi) is 4.33. The summed E-state index contributed by atoms with van der Waals surface area (Å²) in [5.74, 6) is -0.178. The van der Waals surface area contributed by atoms with Gasteiger partial charge in [-0.2, -0.15) is 0 Å². The van der Waals surface area contributed by atoms with E-state index in [1.807, 2.05) is 0 Å². The van der Waals surface area contributed by atoms with Gasteiger partial charge in [-0.3, -0.25) is 4.79 Å². The number of sulfonamides is 1. The van der Waals surface area contributed by atoms with E-state index >= 15 is 0 Å². The summed E-state index contributed by atoms with van der Waals surface area (Å²) < 4.78 is 27.5. The largest absolute Gasteiger partial charge is 0.379 e. The van der Waals surface area contributed by atoms with Crippen molar-refractivity contribution in [2.75, 3.05) is 13.2 Å². The van der Waals surface area contributed by atoms with Crippen LogP contribution in [0.2, 0.25) is 0 Å². The average molecular weight is 313 g/mol. The number of ether oxygens (including phenoxy) is 1. The first-order chi connectivity index (χ1) is 9.73. The standard InChI is InChI=1S/C13H19N3O4S/c1-13(8-20-7-11(13)14)12(17)16-6-9-2-4-10(5-3-9)21(15,18)19/h2-5,11H,6-8,14H2,1H3,(H,16,17)(H2,15,18,19). The summed E-state index contributed by atoms with van der Waals surface area (Å²) >= 11 is 0. The highest BCUT2D eigenvalue weighted by molar-refractivity contribution is 7.89. The highest BCUT2D eigenvalue weighted by Crippen LogP contribution is 2.27. The molecule has 5 N–H and O–H groups in total. The molecular weight excluding hydrogens is 294 g/mol. The van der Waals surface area contributed by atoms with E-state index in [1.54, 1.807) is 19.1 Å². The normalized spacial score (nSPS) is 25.8. The van der Waals surface area contributed by atoms with Crippen LogP contribution < -0.4 is 16.2 Å². The summed E-state index contributed by atoms with van der Waals surface area (Å²) in [6.45, 7) is 2.72. The number of nitrogens with two attached hydrogens (primary N) is 2. The molecule has 1 aromatic carbocycles. The number of carbonyl (C=O) groups excluding carboxylic acids is 1. The first kappa shape index (κ1) is 15.9. The lowest BCUT2D eigenvalue weighted by Crippen LogP contribution is -2.49. The molecule has 1 aromatic rings. The third-order valence-corrected chi connectivity index (χ3v) is 4.67. The Labute approximate surface area is 123 Å². The van der Waals surface area contributed by atoms with Crippen molar-refractivity contribution in [2.45, 2.75) is 24.4 Å². The number of hydrogen-bond donors (Lipinski definition) is 3. The van der Waals surface area contributed by atoms with Gasteiger partial charge in [-0.15, -0.1) is 0 Å². The predicted octanol–water partition coefficient (Wildman–Crippen LogP) is -0.686. The third-order valence-electron chi connectivity index (χ3n) is 3.74. The molecule has 1 aliphatic heterocycles. The van der Waals surface area contributed by atoms with E-state index in [9.17, 15) is 13.2 Å². The fourth-order valence-corrected chi connectivity index (χ4v) is 2.62. The molecule has 0 spiro atoms. The summed E-state index contributed by atoms with van der Waals surface area (Å²) in [6.07, 6.45) is 0. The lowest BCUT2D eigenvalue weighted by Gasteiger charge is -2.25. The first-order valence-electron chi connectivity index (χ1n) is 6.47. The molecule has 1 heterocycles. The number of amides is 1. The van der Waals surface area contributed by atoms with Gasteiger partial charge >= 0.3 is 0 Å². The highest BCUT2D eigenvalue weighted by Gasteiger charge is 2.44. The van der Waals surface area contributed by atoms with Gasteiger partial charge in [0.15, 0.2) is 0 Å². The second kappa shape index (κ2) is 5.72. The molecule has 0 bridgehead atoms. The van der Waals surface area contributed by atoms with Crippen LogP contribution in [0, 0.1) is 5.41 Å². The molecule has 0 saturated carbocycles. The summed E-state index contributed by atoms with van der Waals surface area (Å²) in [5, 5.41) is 7.81. The van der Waals surface area contributed by atoms with Crippen LogP contribution in [0.5, 0.6) is 0 Å². The van der Waals surface area contributed by atoms with Crippen LogP contribution in [0.1, 0.15) is 12.5 Å². The van der Waals surface area contributed by atoms with Gasteiger partial charge in [-0.1, -0.05) is 12.1 Å². The molecule has 2 rings (SSSR count). The fraction of sp³-hybridized carbons (Fsp3) is 0.462. The number of benzene rings is 1. The van der Waals surface area contributed by atoms with Crippen molar-refractivity contribution < 1.29 is 17.9 Å². The van der Waals surface area contributed by atoms with Crippen LogP contribution in [0.15, 0.2) is 29.2 Å². The zero-order valence-corrected chi connectivity index (χ0v) is 12.5. The maximum atomic E-state index is 12.2. The van der Waals surface area contributed by atoms with Crippen LogP contribution in [0.4, 0.5) is 0 Å². The van der Waals surface area contributed by atoms with E-state index in [0.717, 1.165) is 5.56 Å². The summed E-state index contributed by atoms with van der Waals surface area (Å²) in [7, 11) is -3.70. The van der Waals surface area contributed by atoms with Gasteiger partial charge in [0.1, 0.15) is 0 Å². The quantitative estimate of drug-likeness (QED) is 0.679. The van der Waals surface area contributed by atoms with Crippen LogP contribution in [0.25, 0.3) is 0 Å². The van der Waals surface area contributed by atoms with E-state index in [1.165, 1.54) is 12.1 Å². The average Bonchev–Trinajstić information content (AvgIpc) is 2.77. The smallest absolute Gasteiger partial charge is 0.238 e. The molecule has 2 unspecified atom stereocenters. The maximum Gasteiger partial charge on any atom is 0.238 e. The van der Waals surface area contributed by atoms with E-state index in [0.29, 0.717) is 13.2 Å². The minimum Gasteiger partial charge on any atom is -0.379 e. The fourth-order valence-electron chi connectivity index (χ4n) is 2.10. The molecule has 0 aromatic heterocycles. The monoisotopic (exact) mass is 313 g/mol. The lowest BCUT2D eigenvalue weighted by molar-refractivity contribution is -0.130. The number of nitrogens with one attached hydrogen (secondary N) is 1. The van der Waals surface area contributed by atoms with E-state index in [4.69, 9.17) is 15.6 Å². The number of hydrogen-bond acceptors (Lipinski definition) is 5. The maximum absolute atomic E-state index is 12.2. The number of carbonyl (C=O) groups is 1. The van der Waals surface area contributed by atoms with Crippen molar-refractivity contribution in [3.63, 3.8) is 0 Å². The summed E-state index contributed by atoms with van der Waals surface area (Å²) in [4.78, 5) is 12.2. The number of rotatable bonds is 4. The molecular formula is C13H19N3O4S. The van der Waals surface area contributed by atoms with E-state index < -0.39 is 15.4 Å². The number of primary sulfonamides is 1. The molecule has 1 aliphatic rings. The molecule has 1 fully saturated rings. The van der Waals surface area contributed by atoms with Gasteiger partial charge in [0.05, 0.1) is 23.5 Å². The van der Waals surface area contributed by atoms with Gasteiger partial charge in [0.25, 0.3) is 0 Å². The minimum atomic E-state index is -3.70. The zero-order valence-electron chi connectivity index (χ0n) is 11.7. The highest BCUT2D eigenvalue weighted by atomic mass is 32.2. The van der Waals surface area contributed by atoms with Gasteiger partial charge in [-0.25, -0.2) is 13.6 Å². The Bertz CT molecular complexity index is 629. The van der Waals surface area contributed by atoms with Crippen LogP contribution in [0.3, 0.4) is 0 Å². The van der Waals surface area contributed by atoms with Crippen molar-refractivity contribution in [1.29, 1.82) is 0 Å². The van der Waals surface area contributed by atoms with Crippen molar-refractivity contribution in [2.24, 2.45) is 16.3 Å². The second-order valence-electron chi connectivity index (χ2n) is 5.41. The molecule has 8 heteroatoms. The minimum absolute atomic E-state index is 0.0377. The summed E-state index contributed by atoms with van der Waals surface area (Å²) in [5.41, 5.74) is 5.92. The SMILES string of the molecule is CC1(C(=O)NCc2ccc(S(N)(=O)=O)cc2)COCC1N. The first-order valence-corrected chi connectivity index (χ1v) is 8.01. The van der Waals surface area contributed by atoms with E-state index in [2.05, 4.69) is 5.32 Å². The van der Waals surface area contributed by atoms with E-state index in [-0.39, 0.29) is 23.4 Å². The summed E-state index contributed by atoms with van der Waals surface area (Å²) in [6, 6.07) is 5.69. The van der Waals surface area contributed by atoms with Crippen molar-refractivity contribution in [3.8, 4) is 0 Å². The van der Waals surface area contributed by atoms with Crippen molar-refractivity contribution in [1.82, 2.24) is 5.32 Å². The molecule has 7 nitrogen and oxygen atoms in total. The Morgan fingerprint density at radius 3 is 2.52 bits per heavy atom. The Morgan fingerprint density at radius 1 is 1.43 bits per heavy atom. The molecule has 21 heavy (non-hydrogen) atoms. The van der Waals surface area contributed by atoms with Gasteiger partial charge < -0.3 is 15.8 Å². The predicted molar refractivity (Wildman–Crippen MR) is 76.6 cm³/mol. The second-order valence-corrected chi connectivity index (χ2v) is 6.97. The molecule has 0 aliphatic carbocycles.